The van der Waals surface area contributed by atoms with Gasteiger partial charge >= 0.3 is 0 Å². The van der Waals surface area contributed by atoms with E-state index < -0.39 is 5.92 Å². The van der Waals surface area contributed by atoms with Crippen molar-refractivity contribution in [3.63, 3.8) is 0 Å². The van der Waals surface area contributed by atoms with E-state index in [1.165, 1.54) is 0 Å². The van der Waals surface area contributed by atoms with Crippen LogP contribution in [-0.2, 0) is 14.4 Å². The van der Waals surface area contributed by atoms with Crippen LogP contribution in [0.4, 0.5) is 0 Å². The maximum Gasteiger partial charge on any atom is 0.246 e. The van der Waals surface area contributed by atoms with Crippen molar-refractivity contribution in [3.8, 4) is 0 Å². The number of rotatable bonds is 6. The van der Waals surface area contributed by atoms with Crippen LogP contribution in [0.25, 0.3) is 6.08 Å². The summed E-state index contributed by atoms with van der Waals surface area (Å²) in [6.07, 6.45) is 6.50. The highest BCUT2D eigenvalue weighted by Crippen LogP contribution is 2.42. The number of amides is 2. The fourth-order valence-electron chi connectivity index (χ4n) is 5.72. The van der Waals surface area contributed by atoms with Crippen molar-refractivity contribution in [3.05, 3.63) is 38.6 Å². The summed E-state index contributed by atoms with van der Waals surface area (Å²) >= 11 is 1.60. The van der Waals surface area contributed by atoms with Crippen molar-refractivity contribution in [1.82, 2.24) is 9.80 Å². The molecule has 0 bridgehead atoms. The summed E-state index contributed by atoms with van der Waals surface area (Å²) in [6.45, 7) is 4.28. The van der Waals surface area contributed by atoms with Crippen molar-refractivity contribution in [2.45, 2.75) is 39.0 Å². The number of piperidine rings is 1. The van der Waals surface area contributed by atoms with Gasteiger partial charge in [0.25, 0.3) is 0 Å². The summed E-state index contributed by atoms with van der Waals surface area (Å²) in [4.78, 5) is 52.3. The maximum absolute atomic E-state index is 13.0. The molecule has 0 N–H and O–H groups in total. The quantitative estimate of drug-likeness (QED) is 0.359. The Bertz CT molecular complexity index is 936. The average Bonchev–Trinajstić information content (AvgIpc) is 3.50. The van der Waals surface area contributed by atoms with Gasteiger partial charge in [-0.25, -0.2) is 0 Å². The molecule has 3 unspecified atom stereocenters. The third-order valence-corrected chi connectivity index (χ3v) is 8.53. The minimum absolute atomic E-state index is 0.0149. The van der Waals surface area contributed by atoms with E-state index in [2.05, 4.69) is 0 Å². The molecule has 0 aromatic carbocycles. The van der Waals surface area contributed by atoms with E-state index in [0.717, 1.165) is 24.8 Å². The molecule has 1 aromatic rings. The Morgan fingerprint density at radius 2 is 1.94 bits per heavy atom. The molecule has 9 heteroatoms. The molecule has 3 aliphatic rings. The number of hydrogen-bond acceptors (Lipinski definition) is 6. The number of nitrogens with zero attached hydrogens (tertiary/aromatic N) is 3. The third kappa shape index (κ3) is 5.34. The average molecular weight is 474 g/mol. The number of Topliss-reactive ketones (excluding diaryl/α,β-unsaturated/α-hetero) is 1. The van der Waals surface area contributed by atoms with Gasteiger partial charge in [-0.3, -0.25) is 24.5 Å². The van der Waals surface area contributed by atoms with Gasteiger partial charge in [-0.05, 0) is 59.1 Å². The highest BCUT2D eigenvalue weighted by atomic mass is 32.1. The van der Waals surface area contributed by atoms with E-state index in [1.807, 2.05) is 39.6 Å². The summed E-state index contributed by atoms with van der Waals surface area (Å²) in [5, 5.41) is 15.0. The highest BCUT2D eigenvalue weighted by Gasteiger charge is 2.46. The topological polar surface area (TPSA) is 101 Å². The first-order chi connectivity index (χ1) is 15.8. The lowest BCUT2D eigenvalue weighted by Gasteiger charge is -2.39. The van der Waals surface area contributed by atoms with Crippen LogP contribution >= 0.6 is 11.3 Å². The largest absolute Gasteiger partial charge is 0.342 e. The number of ketones is 1. The second kappa shape index (κ2) is 9.75. The van der Waals surface area contributed by atoms with Gasteiger partial charge in [0.05, 0.1) is 0 Å². The van der Waals surface area contributed by atoms with Crippen LogP contribution in [0.5, 0.6) is 0 Å². The van der Waals surface area contributed by atoms with Gasteiger partial charge in [-0.15, -0.1) is 0 Å². The third-order valence-electron chi connectivity index (χ3n) is 7.83. The molecule has 3 atom stereocenters. The van der Waals surface area contributed by atoms with Crippen molar-refractivity contribution >= 4 is 35.0 Å². The van der Waals surface area contributed by atoms with Gasteiger partial charge < -0.3 is 9.80 Å². The van der Waals surface area contributed by atoms with E-state index in [-0.39, 0.29) is 52.7 Å². The smallest absolute Gasteiger partial charge is 0.246 e. The fraction of sp³-hybridized carbons (Fsp3) is 0.625. The Balaban J connectivity index is 1.29. The minimum Gasteiger partial charge on any atom is -0.342 e. The molecule has 8 nitrogen and oxygen atoms in total. The van der Waals surface area contributed by atoms with Gasteiger partial charge in [0.1, 0.15) is 5.78 Å². The molecule has 1 aliphatic carbocycles. The molecule has 2 aliphatic heterocycles. The molecular formula is C24H31N3O5S. The molecule has 1 saturated carbocycles. The molecule has 178 valence electrons. The lowest BCUT2D eigenvalue weighted by Crippen LogP contribution is -2.44. The summed E-state index contributed by atoms with van der Waals surface area (Å²) in [6, 6.07) is 1.98. The monoisotopic (exact) mass is 473 g/mol. The van der Waals surface area contributed by atoms with Crippen LogP contribution in [0.15, 0.2) is 22.9 Å². The highest BCUT2D eigenvalue weighted by molar-refractivity contribution is 7.08. The first-order valence-corrected chi connectivity index (χ1v) is 12.6. The van der Waals surface area contributed by atoms with Crippen LogP contribution in [-0.4, -0.2) is 65.0 Å². The van der Waals surface area contributed by atoms with Gasteiger partial charge in [-0.1, -0.05) is 6.92 Å². The summed E-state index contributed by atoms with van der Waals surface area (Å²) in [5.41, 5.74) is 1.05. The van der Waals surface area contributed by atoms with Crippen LogP contribution in [0.2, 0.25) is 0 Å². The molecule has 0 radical (unpaired) electrons. The zero-order valence-corrected chi connectivity index (χ0v) is 19.8. The number of carbonyl (C=O) groups excluding carboxylic acids is 3. The van der Waals surface area contributed by atoms with Crippen molar-refractivity contribution < 1.29 is 19.3 Å². The first kappa shape index (κ1) is 23.6. The van der Waals surface area contributed by atoms with Gasteiger partial charge in [0.2, 0.25) is 18.4 Å². The number of hydrogen-bond donors (Lipinski definition) is 0. The van der Waals surface area contributed by atoms with Gasteiger partial charge in [-0.2, -0.15) is 11.3 Å². The summed E-state index contributed by atoms with van der Waals surface area (Å²) in [7, 11) is 0. The molecular weight excluding hydrogens is 442 g/mol. The van der Waals surface area contributed by atoms with Crippen LogP contribution in [0.1, 0.15) is 44.6 Å². The molecule has 33 heavy (non-hydrogen) atoms. The standard InChI is InChI=1S/C24H31N3O5S/c1-17-12-21(28)19(20(17)14-27(31)32)13-23(30)26-10-7-24(16-26)5-8-25(9-6-24)22(29)3-2-18-4-11-33-15-18/h2-4,11,15,17,19-20H,5-10,12-14,16H2,1H3. The lowest BCUT2D eigenvalue weighted by molar-refractivity contribution is -0.490. The van der Waals surface area contributed by atoms with Crippen LogP contribution < -0.4 is 0 Å². The minimum atomic E-state index is -0.538. The van der Waals surface area contributed by atoms with Crippen LogP contribution in [0.3, 0.4) is 0 Å². The number of likely N-dealkylation sites (tertiary alicyclic amines) is 2. The summed E-state index contributed by atoms with van der Waals surface area (Å²) in [5.74, 6) is -1.01. The van der Waals surface area contributed by atoms with E-state index in [9.17, 15) is 24.5 Å². The zero-order valence-electron chi connectivity index (χ0n) is 19.0. The predicted octanol–water partition coefficient (Wildman–Crippen LogP) is 3.11. The number of thiophene rings is 1. The van der Waals surface area contributed by atoms with E-state index in [0.29, 0.717) is 32.6 Å². The molecule has 2 amide bonds. The molecule has 1 aromatic heterocycles. The van der Waals surface area contributed by atoms with Gasteiger partial charge in [0, 0.05) is 61.9 Å². The number of carbonyl (C=O) groups is 3. The zero-order chi connectivity index (χ0) is 23.6. The Kier molecular flexibility index (Phi) is 6.97. The Hall–Kier alpha value is -2.55. The second-order valence-corrected chi connectivity index (χ2v) is 10.7. The van der Waals surface area contributed by atoms with Crippen molar-refractivity contribution in [2.75, 3.05) is 32.7 Å². The molecule has 3 fully saturated rings. The van der Waals surface area contributed by atoms with E-state index in [1.54, 1.807) is 17.4 Å². The number of nitro groups is 1. The molecule has 3 heterocycles. The molecule has 2 saturated heterocycles. The summed E-state index contributed by atoms with van der Waals surface area (Å²) < 4.78 is 0. The normalized spacial score (nSPS) is 27.1. The second-order valence-electron chi connectivity index (χ2n) is 9.92. The molecule has 1 spiro atoms. The first-order valence-electron chi connectivity index (χ1n) is 11.7. The van der Waals surface area contributed by atoms with E-state index >= 15 is 0 Å². The lowest BCUT2D eigenvalue weighted by atomic mass is 9.77. The van der Waals surface area contributed by atoms with Crippen LogP contribution in [0, 0.1) is 33.3 Å². The van der Waals surface area contributed by atoms with Crippen molar-refractivity contribution in [1.29, 1.82) is 0 Å². The van der Waals surface area contributed by atoms with Gasteiger partial charge in [0.15, 0.2) is 0 Å². The predicted molar refractivity (Wildman–Crippen MR) is 125 cm³/mol. The Labute approximate surface area is 197 Å². The fourth-order valence-corrected chi connectivity index (χ4v) is 6.35. The Morgan fingerprint density at radius 3 is 2.58 bits per heavy atom. The maximum atomic E-state index is 13.0. The SMILES string of the molecule is CC1CC(=O)C(CC(=O)N2CCC3(CCN(C(=O)C=Cc4ccsc4)CC3)C2)C1C[N+](=O)[O-]. The Morgan fingerprint density at radius 1 is 1.24 bits per heavy atom. The molecule has 4 rings (SSSR count). The van der Waals surface area contributed by atoms with E-state index in [4.69, 9.17) is 0 Å². The van der Waals surface area contributed by atoms with Crippen molar-refractivity contribution in [2.24, 2.45) is 23.2 Å².